The van der Waals surface area contributed by atoms with E-state index in [4.69, 9.17) is 0 Å². The first kappa shape index (κ1) is 22.0. The topological polar surface area (TPSA) is 86.4 Å². The number of aryl methyl sites for hydroxylation is 1. The average molecular weight is 471 g/mol. The number of fused-ring (bicyclic) bond motifs is 1. The molecule has 0 aliphatic carbocycles. The van der Waals surface area contributed by atoms with Crippen LogP contribution in [0.5, 0.6) is 0 Å². The van der Waals surface area contributed by atoms with Crippen molar-refractivity contribution in [3.8, 4) is 0 Å². The Hall–Kier alpha value is -2.78. The van der Waals surface area contributed by atoms with Gasteiger partial charge in [-0.3, -0.25) is 4.79 Å². The van der Waals surface area contributed by atoms with Crippen molar-refractivity contribution >= 4 is 27.0 Å². The van der Waals surface area contributed by atoms with E-state index in [0.29, 0.717) is 18.7 Å². The molecule has 9 heteroatoms. The van der Waals surface area contributed by atoms with Gasteiger partial charge in [0.2, 0.25) is 15.9 Å². The van der Waals surface area contributed by atoms with E-state index in [1.807, 2.05) is 18.3 Å². The maximum Gasteiger partial charge on any atom is 0.227 e. The standard InChI is InChI=1S/C24H27FN4O3S/c1-16-4-2-6-22(25)20(16)12-23(30)28-14-18(15-28)33(31,32)29-10-7-17(8-11-29)21-13-27-24-19(21)5-3-9-26-24/h2-6,9,13,17-18H,7-8,10-12,14-15H2,1H3,(H,26,27). The van der Waals surface area contributed by atoms with Crippen LogP contribution in [0.25, 0.3) is 11.0 Å². The molecule has 5 rings (SSSR count). The Morgan fingerprint density at radius 2 is 1.94 bits per heavy atom. The minimum atomic E-state index is -3.47. The molecule has 0 radical (unpaired) electrons. The number of benzene rings is 1. The first-order chi connectivity index (χ1) is 15.8. The third-order valence-electron chi connectivity index (χ3n) is 7.04. The third-order valence-corrected chi connectivity index (χ3v) is 9.27. The van der Waals surface area contributed by atoms with E-state index < -0.39 is 21.1 Å². The first-order valence-electron chi connectivity index (χ1n) is 11.3. The van der Waals surface area contributed by atoms with Crippen molar-refractivity contribution in [2.24, 2.45) is 0 Å². The van der Waals surface area contributed by atoms with Gasteiger partial charge in [-0.2, -0.15) is 0 Å². The van der Waals surface area contributed by atoms with Crippen LogP contribution in [0.4, 0.5) is 4.39 Å². The van der Waals surface area contributed by atoms with E-state index in [2.05, 4.69) is 9.97 Å². The lowest BCUT2D eigenvalue weighted by Gasteiger charge is -2.42. The minimum absolute atomic E-state index is 0.0455. The van der Waals surface area contributed by atoms with Crippen molar-refractivity contribution in [3.63, 3.8) is 0 Å². The van der Waals surface area contributed by atoms with Gasteiger partial charge in [-0.05, 0) is 55.0 Å². The molecule has 1 amide bonds. The summed E-state index contributed by atoms with van der Waals surface area (Å²) in [6.07, 6.45) is 5.20. The SMILES string of the molecule is Cc1cccc(F)c1CC(=O)N1CC(S(=O)(=O)N2CCC(c3c[nH]c4ncccc34)CC2)C1. The summed E-state index contributed by atoms with van der Waals surface area (Å²) < 4.78 is 41.9. The van der Waals surface area contributed by atoms with Crippen LogP contribution in [-0.4, -0.2) is 64.9 Å². The number of hydrogen-bond donors (Lipinski definition) is 1. The Labute approximate surface area is 192 Å². The zero-order chi connectivity index (χ0) is 23.2. The van der Waals surface area contributed by atoms with Crippen molar-refractivity contribution < 1.29 is 17.6 Å². The van der Waals surface area contributed by atoms with Gasteiger partial charge < -0.3 is 9.88 Å². The molecule has 0 saturated carbocycles. The summed E-state index contributed by atoms with van der Waals surface area (Å²) in [5.74, 6) is -0.346. The molecule has 0 atom stereocenters. The van der Waals surface area contributed by atoms with Gasteiger partial charge in [0.1, 0.15) is 16.7 Å². The summed E-state index contributed by atoms with van der Waals surface area (Å²) in [7, 11) is -3.47. The van der Waals surface area contributed by atoms with Crippen LogP contribution in [0.1, 0.15) is 35.4 Å². The number of nitrogens with zero attached hydrogens (tertiary/aromatic N) is 3. The maximum atomic E-state index is 14.0. The number of amides is 1. The fourth-order valence-corrected chi connectivity index (χ4v) is 6.81. The van der Waals surface area contributed by atoms with Gasteiger partial charge in [-0.15, -0.1) is 0 Å². The van der Waals surface area contributed by atoms with Crippen LogP contribution in [0, 0.1) is 12.7 Å². The number of sulfonamides is 1. The largest absolute Gasteiger partial charge is 0.346 e. The number of aromatic amines is 1. The predicted octanol–water partition coefficient (Wildman–Crippen LogP) is 2.97. The molecule has 33 heavy (non-hydrogen) atoms. The smallest absolute Gasteiger partial charge is 0.227 e. The summed E-state index contributed by atoms with van der Waals surface area (Å²) in [6, 6.07) is 8.68. The summed E-state index contributed by atoms with van der Waals surface area (Å²) in [6.45, 7) is 3.05. The van der Waals surface area contributed by atoms with E-state index in [0.717, 1.165) is 29.4 Å². The van der Waals surface area contributed by atoms with Crippen LogP contribution < -0.4 is 0 Å². The average Bonchev–Trinajstić information content (AvgIpc) is 3.19. The molecule has 2 saturated heterocycles. The van der Waals surface area contributed by atoms with Gasteiger partial charge in [-0.1, -0.05) is 12.1 Å². The number of carbonyl (C=O) groups is 1. The van der Waals surface area contributed by atoms with Gasteiger partial charge in [0, 0.05) is 49.5 Å². The van der Waals surface area contributed by atoms with Crippen molar-refractivity contribution in [2.75, 3.05) is 26.2 Å². The quantitative estimate of drug-likeness (QED) is 0.621. The molecule has 174 valence electrons. The lowest BCUT2D eigenvalue weighted by atomic mass is 9.90. The maximum absolute atomic E-state index is 14.0. The zero-order valence-corrected chi connectivity index (χ0v) is 19.3. The highest BCUT2D eigenvalue weighted by Crippen LogP contribution is 2.34. The normalized spacial score (nSPS) is 18.5. The highest BCUT2D eigenvalue weighted by Gasteiger charge is 2.43. The highest BCUT2D eigenvalue weighted by molar-refractivity contribution is 7.89. The van der Waals surface area contributed by atoms with Gasteiger partial charge in [0.15, 0.2) is 0 Å². The van der Waals surface area contributed by atoms with Crippen molar-refractivity contribution in [1.29, 1.82) is 0 Å². The van der Waals surface area contributed by atoms with Crippen LogP contribution in [0.2, 0.25) is 0 Å². The number of rotatable bonds is 5. The molecule has 2 fully saturated rings. The number of piperidine rings is 1. The second kappa shape index (κ2) is 8.53. The van der Waals surface area contributed by atoms with E-state index in [1.54, 1.807) is 29.6 Å². The Morgan fingerprint density at radius 3 is 2.67 bits per heavy atom. The van der Waals surface area contributed by atoms with E-state index in [1.165, 1.54) is 16.5 Å². The molecule has 7 nitrogen and oxygen atoms in total. The number of carbonyl (C=O) groups excluding carboxylic acids is 1. The van der Waals surface area contributed by atoms with E-state index in [-0.39, 0.29) is 31.3 Å². The number of hydrogen-bond acceptors (Lipinski definition) is 4. The van der Waals surface area contributed by atoms with Gasteiger partial charge in [0.05, 0.1) is 6.42 Å². The number of aromatic nitrogens is 2. The summed E-state index contributed by atoms with van der Waals surface area (Å²) in [4.78, 5) is 21.6. The van der Waals surface area contributed by atoms with E-state index in [9.17, 15) is 17.6 Å². The molecular weight excluding hydrogens is 443 g/mol. The van der Waals surface area contributed by atoms with Crippen LogP contribution in [-0.2, 0) is 21.2 Å². The molecule has 0 unspecified atom stereocenters. The number of likely N-dealkylation sites (tertiary alicyclic amines) is 1. The van der Waals surface area contributed by atoms with Crippen molar-refractivity contribution in [3.05, 3.63) is 65.2 Å². The molecule has 1 N–H and O–H groups in total. The lowest BCUT2D eigenvalue weighted by molar-refractivity contribution is -0.133. The zero-order valence-electron chi connectivity index (χ0n) is 18.5. The molecule has 3 aromatic rings. The van der Waals surface area contributed by atoms with Crippen molar-refractivity contribution in [2.45, 2.75) is 37.4 Å². The monoisotopic (exact) mass is 470 g/mol. The third kappa shape index (κ3) is 4.04. The Bertz CT molecular complexity index is 1270. The molecule has 2 aromatic heterocycles. The lowest BCUT2D eigenvalue weighted by Crippen LogP contribution is -2.60. The van der Waals surface area contributed by atoms with Crippen LogP contribution >= 0.6 is 0 Å². The van der Waals surface area contributed by atoms with Gasteiger partial charge >= 0.3 is 0 Å². The summed E-state index contributed by atoms with van der Waals surface area (Å²) >= 11 is 0. The van der Waals surface area contributed by atoms with Crippen molar-refractivity contribution in [1.82, 2.24) is 19.2 Å². The molecular formula is C24H27FN4O3S. The molecule has 2 aliphatic heterocycles. The fraction of sp³-hybridized carbons (Fsp3) is 0.417. The van der Waals surface area contributed by atoms with Crippen LogP contribution in [0.15, 0.2) is 42.7 Å². The number of H-pyrrole nitrogens is 1. The van der Waals surface area contributed by atoms with Crippen LogP contribution in [0.3, 0.4) is 0 Å². The summed E-state index contributed by atoms with van der Waals surface area (Å²) in [5, 5.41) is 0.508. The molecule has 2 aliphatic rings. The Balaban J connectivity index is 1.17. The van der Waals surface area contributed by atoms with E-state index >= 15 is 0 Å². The van der Waals surface area contributed by atoms with Gasteiger partial charge in [-0.25, -0.2) is 22.1 Å². The highest BCUT2D eigenvalue weighted by atomic mass is 32.2. The molecule has 0 spiro atoms. The fourth-order valence-electron chi connectivity index (χ4n) is 4.93. The number of nitrogens with one attached hydrogen (secondary N) is 1. The Morgan fingerprint density at radius 1 is 1.18 bits per heavy atom. The first-order valence-corrected chi connectivity index (χ1v) is 12.8. The number of pyridine rings is 1. The Kier molecular flexibility index (Phi) is 5.70. The number of halogens is 1. The van der Waals surface area contributed by atoms with Gasteiger partial charge in [0.25, 0.3) is 0 Å². The molecule has 0 bridgehead atoms. The minimum Gasteiger partial charge on any atom is -0.346 e. The predicted molar refractivity (Wildman–Crippen MR) is 124 cm³/mol. The summed E-state index contributed by atoms with van der Waals surface area (Å²) in [5.41, 5.74) is 3.15. The second-order valence-electron chi connectivity index (χ2n) is 8.99. The molecule has 4 heterocycles. The molecule has 1 aromatic carbocycles. The second-order valence-corrected chi connectivity index (χ2v) is 11.2.